The van der Waals surface area contributed by atoms with Crippen LogP contribution in [-0.4, -0.2) is 41.7 Å². The van der Waals surface area contributed by atoms with Gasteiger partial charge in [0.25, 0.3) is 5.56 Å². The molecule has 1 aliphatic rings. The zero-order valence-corrected chi connectivity index (χ0v) is 12.6. The molecule has 0 aromatic carbocycles. The molecule has 1 fully saturated rings. The van der Waals surface area contributed by atoms with Crippen LogP contribution in [0.5, 0.6) is 0 Å². The number of nitrogen functional groups attached to an aromatic ring is 1. The molecular formula is C15H23N3O3. The Bertz CT molecular complexity index is 551. The summed E-state index contributed by atoms with van der Waals surface area (Å²) in [4.78, 5) is 26.1. The first-order chi connectivity index (χ1) is 10.0. The van der Waals surface area contributed by atoms with Gasteiger partial charge in [0.1, 0.15) is 6.54 Å². The van der Waals surface area contributed by atoms with Gasteiger partial charge in [-0.05, 0) is 31.7 Å². The Hall–Kier alpha value is -1.82. The first-order valence-corrected chi connectivity index (χ1v) is 7.27. The molecule has 6 nitrogen and oxygen atoms in total. The zero-order chi connectivity index (χ0) is 15.4. The molecule has 1 aromatic heterocycles. The van der Waals surface area contributed by atoms with Gasteiger partial charge in [-0.3, -0.25) is 9.59 Å². The molecule has 116 valence electrons. The lowest BCUT2D eigenvalue weighted by Crippen LogP contribution is -2.44. The molecule has 1 aromatic rings. The molecule has 1 heterocycles. The van der Waals surface area contributed by atoms with Crippen molar-refractivity contribution < 1.29 is 9.53 Å². The number of aromatic nitrogens is 1. The average Bonchev–Trinajstić information content (AvgIpc) is 3.27. The predicted molar refractivity (Wildman–Crippen MR) is 80.9 cm³/mol. The van der Waals surface area contributed by atoms with Crippen molar-refractivity contribution in [1.29, 1.82) is 0 Å². The van der Waals surface area contributed by atoms with Crippen molar-refractivity contribution in [3.05, 3.63) is 28.7 Å². The minimum Gasteiger partial charge on any atom is -0.398 e. The Morgan fingerprint density at radius 2 is 2.24 bits per heavy atom. The Kier molecular flexibility index (Phi) is 5.01. The number of ether oxygens (including phenoxy) is 1. The number of carbonyl (C=O) groups excluding carboxylic acids is 1. The van der Waals surface area contributed by atoms with Crippen LogP contribution in [0.15, 0.2) is 23.1 Å². The smallest absolute Gasteiger partial charge is 0.251 e. The number of nitrogens with two attached hydrogens (primary N) is 1. The summed E-state index contributed by atoms with van der Waals surface area (Å²) in [6.45, 7) is 3.12. The Balaban J connectivity index is 2.09. The topological polar surface area (TPSA) is 77.6 Å². The van der Waals surface area contributed by atoms with E-state index < -0.39 is 0 Å². The van der Waals surface area contributed by atoms with Crippen LogP contribution in [0.2, 0.25) is 0 Å². The van der Waals surface area contributed by atoms with Gasteiger partial charge in [0.15, 0.2) is 0 Å². The molecule has 6 heteroatoms. The minimum atomic E-state index is -0.219. The molecule has 2 N–H and O–H groups in total. The Labute approximate surface area is 124 Å². The second kappa shape index (κ2) is 6.76. The molecule has 1 amide bonds. The molecule has 0 bridgehead atoms. The highest BCUT2D eigenvalue weighted by molar-refractivity contribution is 5.76. The van der Waals surface area contributed by atoms with Gasteiger partial charge in [-0.25, -0.2) is 0 Å². The van der Waals surface area contributed by atoms with Crippen molar-refractivity contribution in [1.82, 2.24) is 9.47 Å². The van der Waals surface area contributed by atoms with Crippen molar-refractivity contribution in [3.63, 3.8) is 0 Å². The second-order valence-electron chi connectivity index (χ2n) is 5.59. The number of nitrogens with zero attached hydrogens (tertiary/aromatic N) is 2. The summed E-state index contributed by atoms with van der Waals surface area (Å²) in [6, 6.07) is 3.11. The summed E-state index contributed by atoms with van der Waals surface area (Å²) in [5.74, 6) is 0.502. The number of methoxy groups -OCH3 is 1. The van der Waals surface area contributed by atoms with Crippen LogP contribution in [-0.2, 0) is 16.1 Å². The molecule has 1 atom stereocenters. The van der Waals surface area contributed by atoms with E-state index in [0.29, 0.717) is 24.8 Å². The number of hydrogen-bond acceptors (Lipinski definition) is 4. The lowest BCUT2D eigenvalue weighted by molar-refractivity contribution is -0.135. The predicted octanol–water partition coefficient (Wildman–Crippen LogP) is 0.704. The molecule has 0 aliphatic heterocycles. The summed E-state index contributed by atoms with van der Waals surface area (Å²) >= 11 is 0. The van der Waals surface area contributed by atoms with E-state index in [1.165, 1.54) is 16.8 Å². The van der Waals surface area contributed by atoms with Gasteiger partial charge in [0.05, 0.1) is 6.61 Å². The van der Waals surface area contributed by atoms with E-state index >= 15 is 0 Å². The minimum absolute atomic E-state index is 0.0185. The van der Waals surface area contributed by atoms with Gasteiger partial charge >= 0.3 is 0 Å². The SMILES string of the molecule is COCCN(C(=O)Cn1cc(N)ccc1=O)C(C)C1CC1. The van der Waals surface area contributed by atoms with Crippen LogP contribution >= 0.6 is 0 Å². The van der Waals surface area contributed by atoms with E-state index in [0.717, 1.165) is 12.8 Å². The molecule has 21 heavy (non-hydrogen) atoms. The van der Waals surface area contributed by atoms with Crippen molar-refractivity contribution in [3.8, 4) is 0 Å². The first kappa shape index (κ1) is 15.6. The van der Waals surface area contributed by atoms with E-state index in [-0.39, 0.29) is 24.1 Å². The monoisotopic (exact) mass is 293 g/mol. The van der Waals surface area contributed by atoms with Crippen molar-refractivity contribution in [2.75, 3.05) is 26.0 Å². The normalized spacial score (nSPS) is 15.7. The summed E-state index contributed by atoms with van der Waals surface area (Å²) in [5.41, 5.74) is 5.93. The maximum atomic E-state index is 12.5. The molecule has 0 spiro atoms. The van der Waals surface area contributed by atoms with E-state index in [1.807, 2.05) is 4.90 Å². The van der Waals surface area contributed by atoms with Crippen LogP contribution in [0.25, 0.3) is 0 Å². The third kappa shape index (κ3) is 4.07. The van der Waals surface area contributed by atoms with Crippen LogP contribution < -0.4 is 11.3 Å². The van der Waals surface area contributed by atoms with Crippen molar-refractivity contribution in [2.45, 2.75) is 32.4 Å². The van der Waals surface area contributed by atoms with Crippen LogP contribution in [0, 0.1) is 5.92 Å². The maximum absolute atomic E-state index is 12.5. The summed E-state index contributed by atoms with van der Waals surface area (Å²) in [7, 11) is 1.62. The standard InChI is InChI=1S/C15H23N3O3/c1-11(12-3-4-12)18(7-8-21-2)15(20)10-17-9-13(16)5-6-14(17)19/h5-6,9,11-12H,3-4,7-8,10,16H2,1-2H3. The van der Waals surface area contributed by atoms with Gasteiger partial charge in [0, 0.05) is 37.6 Å². The van der Waals surface area contributed by atoms with Gasteiger partial charge in [0.2, 0.25) is 5.91 Å². The fourth-order valence-corrected chi connectivity index (χ4v) is 2.49. The quantitative estimate of drug-likeness (QED) is 0.803. The van der Waals surface area contributed by atoms with E-state index in [9.17, 15) is 9.59 Å². The molecule has 0 saturated heterocycles. The van der Waals surface area contributed by atoms with Crippen LogP contribution in [0.1, 0.15) is 19.8 Å². The molecule has 2 rings (SSSR count). The van der Waals surface area contributed by atoms with Gasteiger partial charge < -0.3 is 19.9 Å². The highest BCUT2D eigenvalue weighted by Crippen LogP contribution is 2.35. The maximum Gasteiger partial charge on any atom is 0.251 e. The average molecular weight is 293 g/mol. The zero-order valence-electron chi connectivity index (χ0n) is 12.6. The lowest BCUT2D eigenvalue weighted by Gasteiger charge is -2.29. The van der Waals surface area contributed by atoms with E-state index in [4.69, 9.17) is 10.5 Å². The molecule has 1 aliphatic carbocycles. The number of anilines is 1. The van der Waals surface area contributed by atoms with Gasteiger partial charge in [-0.15, -0.1) is 0 Å². The van der Waals surface area contributed by atoms with Gasteiger partial charge in [-0.1, -0.05) is 0 Å². The third-order valence-electron chi connectivity index (χ3n) is 3.96. The van der Waals surface area contributed by atoms with Crippen molar-refractivity contribution >= 4 is 11.6 Å². The van der Waals surface area contributed by atoms with Crippen LogP contribution in [0.4, 0.5) is 5.69 Å². The largest absolute Gasteiger partial charge is 0.398 e. The van der Waals surface area contributed by atoms with E-state index in [2.05, 4.69) is 6.92 Å². The molecule has 1 saturated carbocycles. The molecule has 1 unspecified atom stereocenters. The number of amides is 1. The molecular weight excluding hydrogens is 270 g/mol. The summed E-state index contributed by atoms with van der Waals surface area (Å²) in [5, 5.41) is 0. The molecule has 0 radical (unpaired) electrons. The lowest BCUT2D eigenvalue weighted by atomic mass is 10.2. The summed E-state index contributed by atoms with van der Waals surface area (Å²) < 4.78 is 6.44. The number of carbonyl (C=O) groups is 1. The van der Waals surface area contributed by atoms with Crippen molar-refractivity contribution in [2.24, 2.45) is 5.92 Å². The van der Waals surface area contributed by atoms with Gasteiger partial charge in [-0.2, -0.15) is 0 Å². The highest BCUT2D eigenvalue weighted by atomic mass is 16.5. The van der Waals surface area contributed by atoms with E-state index in [1.54, 1.807) is 13.2 Å². The fourth-order valence-electron chi connectivity index (χ4n) is 2.49. The second-order valence-corrected chi connectivity index (χ2v) is 5.59. The number of hydrogen-bond donors (Lipinski definition) is 1. The number of rotatable bonds is 7. The first-order valence-electron chi connectivity index (χ1n) is 7.27. The van der Waals surface area contributed by atoms with Crippen LogP contribution in [0.3, 0.4) is 0 Å². The Morgan fingerprint density at radius 3 is 2.86 bits per heavy atom. The third-order valence-corrected chi connectivity index (χ3v) is 3.96. The Morgan fingerprint density at radius 1 is 1.52 bits per heavy atom. The number of pyridine rings is 1. The fraction of sp³-hybridized carbons (Fsp3) is 0.600. The highest BCUT2D eigenvalue weighted by Gasteiger charge is 2.34. The summed E-state index contributed by atoms with van der Waals surface area (Å²) in [6.07, 6.45) is 3.84.